The van der Waals surface area contributed by atoms with Gasteiger partial charge in [0.1, 0.15) is 35.5 Å². The Morgan fingerprint density at radius 1 is 0.942 bits per heavy atom. The molecule has 7 amide bonds. The molecule has 1 aromatic carbocycles. The van der Waals surface area contributed by atoms with Crippen molar-refractivity contribution >= 4 is 70.8 Å². The molecule has 0 aromatic heterocycles. The third-order valence-electron chi connectivity index (χ3n) is 8.17. The summed E-state index contributed by atoms with van der Waals surface area (Å²) >= 11 is 0.880. The van der Waals surface area contributed by atoms with Gasteiger partial charge in [-0.1, -0.05) is 26.0 Å². The predicted molar refractivity (Wildman–Crippen MR) is 184 cm³/mol. The van der Waals surface area contributed by atoms with E-state index in [0.717, 1.165) is 11.8 Å². The van der Waals surface area contributed by atoms with Crippen molar-refractivity contribution < 1.29 is 60.9 Å². The van der Waals surface area contributed by atoms with E-state index in [9.17, 15) is 46.5 Å². The molecule has 2 heterocycles. The summed E-state index contributed by atoms with van der Waals surface area (Å²) in [7, 11) is -8.52. The van der Waals surface area contributed by atoms with Crippen LogP contribution in [0.25, 0.3) is 0 Å². The van der Waals surface area contributed by atoms with Gasteiger partial charge < -0.3 is 42.6 Å². The maximum absolute atomic E-state index is 14.0. The van der Waals surface area contributed by atoms with Crippen molar-refractivity contribution in [2.45, 2.75) is 69.2 Å². The van der Waals surface area contributed by atoms with Crippen LogP contribution in [0.4, 0.5) is 0 Å². The Labute approximate surface area is 302 Å². The third kappa shape index (κ3) is 12.5. The van der Waals surface area contributed by atoms with Crippen LogP contribution >= 0.6 is 19.6 Å². The van der Waals surface area contributed by atoms with Crippen LogP contribution in [-0.2, 0) is 54.4 Å². The Kier molecular flexibility index (Phi) is 14.2. The van der Waals surface area contributed by atoms with E-state index >= 15 is 0 Å². The summed E-state index contributed by atoms with van der Waals surface area (Å²) < 4.78 is 40.6. The monoisotopic (exact) mass is 791 g/mol. The normalized spacial score (nSPS) is 25.0. The number of benzene rings is 1. The van der Waals surface area contributed by atoms with Crippen LogP contribution in [0, 0.1) is 5.92 Å². The highest BCUT2D eigenvalue weighted by atomic mass is 32.2. The molecule has 0 unspecified atom stereocenters. The molecule has 0 aliphatic carbocycles. The lowest BCUT2D eigenvalue weighted by Crippen LogP contribution is -2.67. The fraction of sp³-hybridized carbons (Fsp3) is 0.552. The highest BCUT2D eigenvalue weighted by Crippen LogP contribution is 2.37. The van der Waals surface area contributed by atoms with Crippen LogP contribution in [-0.4, -0.2) is 112 Å². The first-order valence-corrected chi connectivity index (χ1v) is 20.3. The summed E-state index contributed by atoms with van der Waals surface area (Å²) in [6.07, 6.45) is -1.91. The van der Waals surface area contributed by atoms with Gasteiger partial charge in [-0.25, -0.2) is 13.0 Å². The second-order valence-corrected chi connectivity index (χ2v) is 17.2. The minimum Gasteiger partial charge on any atom is -0.404 e. The lowest BCUT2D eigenvalue weighted by molar-refractivity contribution is -0.139. The van der Waals surface area contributed by atoms with Gasteiger partial charge >= 0.3 is 7.82 Å². The predicted octanol–water partition coefficient (Wildman–Crippen LogP) is -3.53. The Morgan fingerprint density at radius 2 is 1.56 bits per heavy atom. The maximum atomic E-state index is 14.0. The molecule has 52 heavy (non-hydrogen) atoms. The lowest BCUT2D eigenvalue weighted by atomic mass is 9.89. The Hall–Kier alpha value is -4.24. The summed E-state index contributed by atoms with van der Waals surface area (Å²) in [5, 5.41) is 12.4. The zero-order valence-corrected chi connectivity index (χ0v) is 30.7. The number of phosphoric ester groups is 1. The SMILES string of the molecule is CC(C)[C@@H]1NC(=O)[C@H](CC(N)=O)NC(=O)C2(CCS(=O)(=O)CC2)NC(=O)[C@H](Cc2ccc(OP(=O)(O)O)cc2)NC(=O)CSC[C@@H](C(N)=O)NC1=O. The molecule has 1 spiro atoms. The number of rotatable bonds is 8. The number of hydrogen-bond acceptors (Lipinski definition) is 12. The van der Waals surface area contributed by atoms with Gasteiger partial charge in [-0.3, -0.25) is 43.3 Å². The van der Waals surface area contributed by atoms with E-state index in [1.165, 1.54) is 24.3 Å². The maximum Gasteiger partial charge on any atom is 0.524 e. The number of amides is 7. The van der Waals surface area contributed by atoms with Gasteiger partial charge in [0.15, 0.2) is 9.84 Å². The third-order valence-corrected chi connectivity index (χ3v) is 11.3. The molecule has 2 fully saturated rings. The van der Waals surface area contributed by atoms with Gasteiger partial charge in [0, 0.05) is 12.2 Å². The van der Waals surface area contributed by atoms with E-state index < -0.39 is 125 Å². The molecule has 2 aliphatic rings. The Bertz CT molecular complexity index is 1710. The molecule has 20 nitrogen and oxygen atoms in total. The van der Waals surface area contributed by atoms with Crippen molar-refractivity contribution in [2.75, 3.05) is 23.0 Å². The van der Waals surface area contributed by atoms with Crippen molar-refractivity contribution in [3.05, 3.63) is 29.8 Å². The number of carbonyl (C=O) groups excluding carboxylic acids is 7. The number of carbonyl (C=O) groups is 7. The highest BCUT2D eigenvalue weighted by molar-refractivity contribution is 8.00. The van der Waals surface area contributed by atoms with Crippen molar-refractivity contribution in [1.82, 2.24) is 26.6 Å². The average Bonchev–Trinajstić information content (AvgIpc) is 3.02. The van der Waals surface area contributed by atoms with E-state index in [1.807, 2.05) is 0 Å². The summed E-state index contributed by atoms with van der Waals surface area (Å²) in [5.41, 5.74) is 9.24. The van der Waals surface area contributed by atoms with Crippen LogP contribution in [0.15, 0.2) is 24.3 Å². The second-order valence-electron chi connectivity index (χ2n) is 12.7. The summed E-state index contributed by atoms with van der Waals surface area (Å²) in [6.45, 7) is 3.15. The number of nitrogens with two attached hydrogens (primary N) is 2. The Balaban J connectivity index is 2.06. The molecule has 4 atom stereocenters. The summed E-state index contributed by atoms with van der Waals surface area (Å²) in [6, 6.07) is -0.616. The van der Waals surface area contributed by atoms with Crippen LogP contribution in [0.2, 0.25) is 0 Å². The number of thioether (sulfide) groups is 1. The van der Waals surface area contributed by atoms with Gasteiger partial charge in [0.2, 0.25) is 41.4 Å². The quantitative estimate of drug-likeness (QED) is 0.115. The van der Waals surface area contributed by atoms with E-state index in [1.54, 1.807) is 13.8 Å². The molecule has 2 saturated heterocycles. The second kappa shape index (κ2) is 17.5. The minimum atomic E-state index is -4.88. The molecule has 288 valence electrons. The van der Waals surface area contributed by atoms with E-state index in [-0.39, 0.29) is 23.7 Å². The zero-order chi connectivity index (χ0) is 39.0. The Morgan fingerprint density at radius 3 is 2.10 bits per heavy atom. The molecule has 2 aliphatic heterocycles. The molecule has 23 heteroatoms. The molecule has 0 bridgehead atoms. The van der Waals surface area contributed by atoms with Crippen LogP contribution in [0.5, 0.6) is 5.75 Å². The van der Waals surface area contributed by atoms with Crippen LogP contribution in [0.3, 0.4) is 0 Å². The van der Waals surface area contributed by atoms with Gasteiger partial charge in [-0.15, -0.1) is 11.8 Å². The summed E-state index contributed by atoms with van der Waals surface area (Å²) in [5.74, 6) is -8.95. The van der Waals surface area contributed by atoms with Crippen LogP contribution in [0.1, 0.15) is 38.7 Å². The van der Waals surface area contributed by atoms with Crippen molar-refractivity contribution in [3.63, 3.8) is 0 Å². The smallest absolute Gasteiger partial charge is 0.404 e. The van der Waals surface area contributed by atoms with Crippen LogP contribution < -0.4 is 42.6 Å². The van der Waals surface area contributed by atoms with E-state index in [2.05, 4.69) is 31.1 Å². The number of sulfone groups is 1. The first-order chi connectivity index (χ1) is 24.1. The van der Waals surface area contributed by atoms with Crippen molar-refractivity contribution in [3.8, 4) is 5.75 Å². The van der Waals surface area contributed by atoms with Crippen molar-refractivity contribution in [1.29, 1.82) is 0 Å². The van der Waals surface area contributed by atoms with E-state index in [0.29, 0.717) is 5.56 Å². The molecule has 1 aromatic rings. The fourth-order valence-corrected chi connectivity index (χ4v) is 8.13. The first-order valence-electron chi connectivity index (χ1n) is 15.8. The average molecular weight is 792 g/mol. The van der Waals surface area contributed by atoms with E-state index in [4.69, 9.17) is 21.3 Å². The number of hydrogen-bond donors (Lipinski definition) is 9. The number of primary amides is 2. The van der Waals surface area contributed by atoms with Gasteiger partial charge in [0.25, 0.3) is 0 Å². The van der Waals surface area contributed by atoms with Gasteiger partial charge in [-0.2, -0.15) is 0 Å². The number of nitrogens with one attached hydrogen (secondary N) is 5. The topological polar surface area (TPSA) is 333 Å². The summed E-state index contributed by atoms with van der Waals surface area (Å²) in [4.78, 5) is 110. The molecular weight excluding hydrogens is 749 g/mol. The van der Waals surface area contributed by atoms with Crippen molar-refractivity contribution in [2.24, 2.45) is 17.4 Å². The van der Waals surface area contributed by atoms with Gasteiger partial charge in [-0.05, 0) is 36.5 Å². The molecular formula is C29H42N7O13PS2. The lowest BCUT2D eigenvalue weighted by Gasteiger charge is -2.38. The number of phosphoric acid groups is 1. The minimum absolute atomic E-state index is 0.191. The molecule has 0 saturated carbocycles. The molecule has 0 radical (unpaired) electrons. The highest BCUT2D eigenvalue weighted by Gasteiger charge is 2.47. The van der Waals surface area contributed by atoms with Gasteiger partial charge in [0.05, 0.1) is 23.7 Å². The fourth-order valence-electron chi connectivity index (χ4n) is 5.34. The molecule has 3 rings (SSSR count). The largest absolute Gasteiger partial charge is 0.524 e. The zero-order valence-electron chi connectivity index (χ0n) is 28.2. The standard InChI is InChI=1S/C29H42N7O13PS2/c1-15(2)23-27(42)33-20(24(31)39)13-51-14-22(38)32-18(11-16-3-5-17(6-4-16)49-50(44,45)46)26(41)36-29(7-9-52(47,48)10-8-29)28(43)34-19(12-21(30)37)25(40)35-23/h3-6,15,18-20,23H,7-14H2,1-2H3,(H2,30,37)(H2,31,39)(H,32,38)(H,33,42)(H,34,43)(H,35,40)(H,36,41)(H2,44,45,46)/t18-,19-,20-,23-/m0/s1. The molecule has 11 N–H and O–H groups in total. The first kappa shape index (κ1) is 42.2.